The molecule has 3 aromatic rings. The topological polar surface area (TPSA) is 73.3 Å². The monoisotopic (exact) mass is 340 g/mol. The van der Waals surface area contributed by atoms with Crippen LogP contribution >= 0.6 is 0 Å². The summed E-state index contributed by atoms with van der Waals surface area (Å²) >= 11 is 0. The lowest BCUT2D eigenvalue weighted by Crippen LogP contribution is -2.41. The molecular weight excluding hydrogens is 320 g/mol. The first-order chi connectivity index (χ1) is 12.2. The third kappa shape index (κ3) is 3.09. The minimum absolute atomic E-state index is 0.0713. The molecule has 1 atom stereocenters. The molecule has 0 unspecified atom stereocenters. The molecule has 0 bridgehead atoms. The number of aromatic nitrogens is 3. The maximum Gasteiger partial charge on any atom is 0.419 e. The van der Waals surface area contributed by atoms with Crippen molar-refractivity contribution < 1.29 is 9.21 Å². The van der Waals surface area contributed by atoms with Gasteiger partial charge in [0.05, 0.1) is 17.9 Å². The number of rotatable bonds is 4. The number of amides is 1. The first-order valence-corrected chi connectivity index (χ1v) is 8.56. The van der Waals surface area contributed by atoms with Gasteiger partial charge in [0.15, 0.2) is 5.58 Å². The average Bonchev–Trinajstić information content (AvgIpc) is 3.27. The molecule has 7 nitrogen and oxygen atoms in total. The molecule has 25 heavy (non-hydrogen) atoms. The molecule has 1 aliphatic rings. The van der Waals surface area contributed by atoms with Crippen LogP contribution in [0.25, 0.3) is 11.1 Å². The third-order valence-electron chi connectivity index (χ3n) is 4.82. The fourth-order valence-corrected chi connectivity index (χ4v) is 3.50. The molecule has 4 rings (SSSR count). The molecule has 1 aliphatic heterocycles. The Balaban J connectivity index is 1.43. The predicted octanol–water partition coefficient (Wildman–Crippen LogP) is 2.04. The number of likely N-dealkylation sites (tertiary alicyclic amines) is 1. The Morgan fingerprint density at radius 3 is 3.04 bits per heavy atom. The third-order valence-corrected chi connectivity index (χ3v) is 4.82. The molecule has 130 valence electrons. The zero-order chi connectivity index (χ0) is 17.2. The number of hydrogen-bond donors (Lipinski definition) is 0. The van der Waals surface area contributed by atoms with Crippen molar-refractivity contribution in [3.8, 4) is 0 Å². The second-order valence-electron chi connectivity index (χ2n) is 6.38. The normalized spacial score (nSPS) is 17.9. The molecule has 1 amide bonds. The maximum absolute atomic E-state index is 12.6. The first-order valence-electron chi connectivity index (χ1n) is 8.56. The van der Waals surface area contributed by atoms with E-state index in [0.717, 1.165) is 24.9 Å². The van der Waals surface area contributed by atoms with Gasteiger partial charge in [0.2, 0.25) is 5.91 Å². The van der Waals surface area contributed by atoms with Crippen molar-refractivity contribution in [2.24, 2.45) is 0 Å². The standard InChI is InChI=1S/C18H20N4O3/c23-17(20-9-3-4-14(12-20)21-11-8-19-13-21)7-10-22-15-5-1-2-6-16(15)25-18(22)24/h1-2,5-6,8,11,13-14H,3-4,7,9-10,12H2/t14-/m0/s1. The van der Waals surface area contributed by atoms with Crippen LogP contribution in [-0.2, 0) is 11.3 Å². The van der Waals surface area contributed by atoms with Crippen LogP contribution in [0.15, 0.2) is 52.2 Å². The van der Waals surface area contributed by atoms with E-state index in [9.17, 15) is 9.59 Å². The highest BCUT2D eigenvalue weighted by Crippen LogP contribution is 2.22. The van der Waals surface area contributed by atoms with Gasteiger partial charge in [-0.25, -0.2) is 9.78 Å². The second kappa shape index (κ2) is 6.58. The summed E-state index contributed by atoms with van der Waals surface area (Å²) in [5.41, 5.74) is 1.29. The summed E-state index contributed by atoms with van der Waals surface area (Å²) in [5, 5.41) is 0. The van der Waals surface area contributed by atoms with Gasteiger partial charge in [-0.15, -0.1) is 0 Å². The summed E-state index contributed by atoms with van der Waals surface area (Å²) in [6.07, 6.45) is 7.82. The molecule has 1 aromatic carbocycles. The fourth-order valence-electron chi connectivity index (χ4n) is 3.50. The molecule has 0 aliphatic carbocycles. The molecule has 3 heterocycles. The van der Waals surface area contributed by atoms with Crippen molar-refractivity contribution in [2.75, 3.05) is 13.1 Å². The average molecular weight is 340 g/mol. The first kappa shape index (κ1) is 15.7. The van der Waals surface area contributed by atoms with Gasteiger partial charge in [0, 0.05) is 38.4 Å². The molecule has 0 radical (unpaired) electrons. The summed E-state index contributed by atoms with van der Waals surface area (Å²) in [5.74, 6) is -0.342. The zero-order valence-corrected chi connectivity index (χ0v) is 13.9. The molecule has 2 aromatic heterocycles. The molecule has 0 spiro atoms. The van der Waals surface area contributed by atoms with E-state index in [0.29, 0.717) is 25.1 Å². The van der Waals surface area contributed by atoms with E-state index < -0.39 is 5.76 Å². The van der Waals surface area contributed by atoms with Crippen molar-refractivity contribution >= 4 is 17.0 Å². The van der Waals surface area contributed by atoms with Crippen molar-refractivity contribution in [3.05, 3.63) is 53.5 Å². The SMILES string of the molecule is O=C(CCn1c(=O)oc2ccccc21)N1CCC[C@H](n2ccnc2)C1. The number of carbonyl (C=O) groups excluding carboxylic acids is 1. The zero-order valence-electron chi connectivity index (χ0n) is 13.9. The number of fused-ring (bicyclic) bond motifs is 1. The number of carbonyl (C=O) groups is 1. The van der Waals surface area contributed by atoms with E-state index in [1.54, 1.807) is 18.6 Å². The maximum atomic E-state index is 12.6. The minimum Gasteiger partial charge on any atom is -0.408 e. The van der Waals surface area contributed by atoms with Gasteiger partial charge in [-0.05, 0) is 25.0 Å². The van der Waals surface area contributed by atoms with Crippen LogP contribution in [0.1, 0.15) is 25.3 Å². The number of benzene rings is 1. The van der Waals surface area contributed by atoms with Gasteiger partial charge in [-0.3, -0.25) is 9.36 Å². The van der Waals surface area contributed by atoms with Gasteiger partial charge in [-0.2, -0.15) is 0 Å². The molecule has 7 heteroatoms. The molecule has 0 N–H and O–H groups in total. The van der Waals surface area contributed by atoms with Crippen molar-refractivity contribution in [1.82, 2.24) is 19.0 Å². The van der Waals surface area contributed by atoms with Crippen LogP contribution in [0, 0.1) is 0 Å². The number of piperidine rings is 1. The van der Waals surface area contributed by atoms with E-state index in [1.165, 1.54) is 4.57 Å². The quantitative estimate of drug-likeness (QED) is 0.728. The van der Waals surface area contributed by atoms with Crippen LogP contribution in [0.2, 0.25) is 0 Å². The number of oxazole rings is 1. The minimum atomic E-state index is -0.413. The van der Waals surface area contributed by atoms with Crippen LogP contribution in [0.5, 0.6) is 0 Å². The Morgan fingerprint density at radius 1 is 1.32 bits per heavy atom. The Kier molecular flexibility index (Phi) is 4.13. The lowest BCUT2D eigenvalue weighted by atomic mass is 10.1. The summed E-state index contributed by atoms with van der Waals surface area (Å²) in [6.45, 7) is 1.79. The van der Waals surface area contributed by atoms with Crippen molar-refractivity contribution in [3.63, 3.8) is 0 Å². The summed E-state index contributed by atoms with van der Waals surface area (Å²) in [7, 11) is 0. The molecular formula is C18H20N4O3. The van der Waals surface area contributed by atoms with Crippen molar-refractivity contribution in [1.29, 1.82) is 0 Å². The lowest BCUT2D eigenvalue weighted by Gasteiger charge is -2.33. The summed E-state index contributed by atoms with van der Waals surface area (Å²) < 4.78 is 8.81. The number of nitrogens with zero attached hydrogens (tertiary/aromatic N) is 4. The fraction of sp³-hybridized carbons (Fsp3) is 0.389. The molecule has 1 fully saturated rings. The van der Waals surface area contributed by atoms with E-state index in [4.69, 9.17) is 4.42 Å². The van der Waals surface area contributed by atoms with Gasteiger partial charge in [0.1, 0.15) is 0 Å². The van der Waals surface area contributed by atoms with E-state index in [2.05, 4.69) is 9.55 Å². The predicted molar refractivity (Wildman–Crippen MR) is 92.2 cm³/mol. The number of imidazole rings is 1. The smallest absolute Gasteiger partial charge is 0.408 e. The Morgan fingerprint density at radius 2 is 2.20 bits per heavy atom. The van der Waals surface area contributed by atoms with E-state index in [1.807, 2.05) is 29.3 Å². The lowest BCUT2D eigenvalue weighted by molar-refractivity contribution is -0.133. The number of para-hydroxylation sites is 2. The molecule has 1 saturated heterocycles. The van der Waals surface area contributed by atoms with Gasteiger partial charge >= 0.3 is 5.76 Å². The van der Waals surface area contributed by atoms with Gasteiger partial charge in [0.25, 0.3) is 0 Å². The van der Waals surface area contributed by atoms with E-state index >= 15 is 0 Å². The van der Waals surface area contributed by atoms with Crippen LogP contribution in [0.3, 0.4) is 0 Å². The highest BCUT2D eigenvalue weighted by atomic mass is 16.4. The van der Waals surface area contributed by atoms with Crippen LogP contribution in [-0.4, -0.2) is 38.0 Å². The van der Waals surface area contributed by atoms with E-state index in [-0.39, 0.29) is 11.9 Å². The number of aryl methyl sites for hydroxylation is 1. The van der Waals surface area contributed by atoms with Gasteiger partial charge < -0.3 is 13.9 Å². The van der Waals surface area contributed by atoms with Crippen LogP contribution < -0.4 is 5.76 Å². The number of hydrogen-bond acceptors (Lipinski definition) is 4. The molecule has 0 saturated carbocycles. The highest BCUT2D eigenvalue weighted by molar-refractivity contribution is 5.77. The Labute approximate surface area is 144 Å². The van der Waals surface area contributed by atoms with Crippen LogP contribution in [0.4, 0.5) is 0 Å². The van der Waals surface area contributed by atoms with Gasteiger partial charge in [-0.1, -0.05) is 12.1 Å². The second-order valence-corrected chi connectivity index (χ2v) is 6.38. The summed E-state index contributed by atoms with van der Waals surface area (Å²) in [4.78, 5) is 30.6. The largest absolute Gasteiger partial charge is 0.419 e. The van der Waals surface area contributed by atoms with Crippen molar-refractivity contribution in [2.45, 2.75) is 31.8 Å². The summed E-state index contributed by atoms with van der Waals surface area (Å²) in [6, 6.07) is 7.55. The highest BCUT2D eigenvalue weighted by Gasteiger charge is 2.24. The Bertz CT molecular complexity index is 925. The Hall–Kier alpha value is -2.83.